The molecule has 1 rings (SSSR count). The highest BCUT2D eigenvalue weighted by Gasteiger charge is 2.46. The lowest BCUT2D eigenvalue weighted by atomic mass is 10.1. The Hall–Kier alpha value is -0.990. The van der Waals surface area contributed by atoms with Gasteiger partial charge in [-0.25, -0.2) is 0 Å². The standard InChI is InChI=1S/C10H8Cl2F3NO3S/c1-2-8(17)6-3-5(11)4-7(9(6)12)16-20(18,19)10(13,14)15/h3-4,16H,2H2,1H3. The second-order valence-corrected chi connectivity index (χ2v) is 6.13. The van der Waals surface area contributed by atoms with E-state index in [2.05, 4.69) is 0 Å². The van der Waals surface area contributed by atoms with Gasteiger partial charge in [0.15, 0.2) is 5.78 Å². The number of rotatable bonds is 4. The molecule has 20 heavy (non-hydrogen) atoms. The summed E-state index contributed by atoms with van der Waals surface area (Å²) in [5, 5.41) is -0.555. The molecule has 0 aliphatic heterocycles. The Morgan fingerprint density at radius 3 is 2.30 bits per heavy atom. The van der Waals surface area contributed by atoms with Gasteiger partial charge in [-0.1, -0.05) is 30.1 Å². The van der Waals surface area contributed by atoms with Gasteiger partial charge in [-0.05, 0) is 12.1 Å². The van der Waals surface area contributed by atoms with Crippen LogP contribution in [0.3, 0.4) is 0 Å². The van der Waals surface area contributed by atoms with Crippen molar-refractivity contribution in [1.82, 2.24) is 0 Å². The summed E-state index contributed by atoms with van der Waals surface area (Å²) in [5.41, 5.74) is -6.26. The number of carbonyl (C=O) groups excluding carboxylic acids is 1. The average Bonchev–Trinajstić information content (AvgIpc) is 2.30. The van der Waals surface area contributed by atoms with Crippen molar-refractivity contribution in [2.24, 2.45) is 0 Å². The number of Topliss-reactive ketones (excluding diaryl/α,β-unsaturated/α-hetero) is 1. The maximum absolute atomic E-state index is 12.3. The molecule has 0 saturated heterocycles. The first-order chi connectivity index (χ1) is 8.99. The Bertz CT molecular complexity index is 644. The van der Waals surface area contributed by atoms with Crippen LogP contribution in [0.5, 0.6) is 0 Å². The first-order valence-corrected chi connectivity index (χ1v) is 7.35. The molecule has 0 saturated carbocycles. The molecule has 0 unspecified atom stereocenters. The van der Waals surface area contributed by atoms with Gasteiger partial charge < -0.3 is 0 Å². The number of ketones is 1. The summed E-state index contributed by atoms with van der Waals surface area (Å²) in [6.07, 6.45) is 0.0333. The highest BCUT2D eigenvalue weighted by atomic mass is 35.5. The first-order valence-electron chi connectivity index (χ1n) is 5.11. The number of benzene rings is 1. The molecule has 1 N–H and O–H groups in total. The molecular formula is C10H8Cl2F3NO3S. The van der Waals surface area contributed by atoms with Gasteiger partial charge in [-0.15, -0.1) is 0 Å². The van der Waals surface area contributed by atoms with Crippen molar-refractivity contribution < 1.29 is 26.4 Å². The third-order valence-corrected chi connectivity index (χ3v) is 3.93. The molecule has 0 radical (unpaired) electrons. The highest BCUT2D eigenvalue weighted by Crippen LogP contribution is 2.34. The SMILES string of the molecule is CCC(=O)c1cc(Cl)cc(NS(=O)(=O)C(F)(F)F)c1Cl. The van der Waals surface area contributed by atoms with Crippen LogP contribution in [-0.2, 0) is 10.0 Å². The molecule has 0 aromatic heterocycles. The Kier molecular flexibility index (Phi) is 4.94. The van der Waals surface area contributed by atoms with Crippen LogP contribution < -0.4 is 4.72 Å². The number of hydrogen-bond acceptors (Lipinski definition) is 3. The van der Waals surface area contributed by atoms with E-state index < -0.39 is 32.0 Å². The molecule has 1 aromatic rings. The fraction of sp³-hybridized carbons (Fsp3) is 0.300. The van der Waals surface area contributed by atoms with Gasteiger partial charge >= 0.3 is 15.5 Å². The van der Waals surface area contributed by atoms with Gasteiger partial charge in [0, 0.05) is 17.0 Å². The summed E-state index contributed by atoms with van der Waals surface area (Å²) in [6.45, 7) is 1.51. The van der Waals surface area contributed by atoms with Gasteiger partial charge in [-0.3, -0.25) is 9.52 Å². The van der Waals surface area contributed by atoms with Crippen molar-refractivity contribution in [2.45, 2.75) is 18.9 Å². The molecule has 0 aliphatic rings. The van der Waals surface area contributed by atoms with Crippen LogP contribution in [0.25, 0.3) is 0 Å². The molecule has 0 spiro atoms. The fourth-order valence-corrected chi connectivity index (χ4v) is 2.36. The van der Waals surface area contributed by atoms with E-state index in [-0.39, 0.29) is 17.0 Å². The van der Waals surface area contributed by atoms with E-state index in [9.17, 15) is 26.4 Å². The Morgan fingerprint density at radius 1 is 1.30 bits per heavy atom. The molecule has 0 aliphatic carbocycles. The average molecular weight is 350 g/mol. The number of hydrogen-bond donors (Lipinski definition) is 1. The lowest BCUT2D eigenvalue weighted by Crippen LogP contribution is -2.30. The van der Waals surface area contributed by atoms with E-state index in [1.165, 1.54) is 11.6 Å². The zero-order valence-electron chi connectivity index (χ0n) is 9.88. The number of carbonyl (C=O) groups is 1. The van der Waals surface area contributed by atoms with Crippen molar-refractivity contribution >= 4 is 44.7 Å². The third-order valence-electron chi connectivity index (χ3n) is 2.21. The maximum Gasteiger partial charge on any atom is 0.516 e. The minimum Gasteiger partial charge on any atom is -0.294 e. The van der Waals surface area contributed by atoms with Crippen molar-refractivity contribution in [3.63, 3.8) is 0 Å². The molecule has 0 heterocycles. The van der Waals surface area contributed by atoms with Gasteiger partial charge in [0.2, 0.25) is 0 Å². The summed E-state index contributed by atoms with van der Waals surface area (Å²) in [4.78, 5) is 11.6. The van der Waals surface area contributed by atoms with Crippen LogP contribution in [0.2, 0.25) is 10.0 Å². The van der Waals surface area contributed by atoms with Crippen molar-refractivity contribution in [3.8, 4) is 0 Å². The predicted molar refractivity (Wildman–Crippen MR) is 69.7 cm³/mol. The molecular weight excluding hydrogens is 342 g/mol. The normalized spacial score (nSPS) is 12.3. The van der Waals surface area contributed by atoms with Crippen LogP contribution in [0.4, 0.5) is 18.9 Å². The fourth-order valence-electron chi connectivity index (χ4n) is 1.26. The van der Waals surface area contributed by atoms with E-state index in [1.807, 2.05) is 0 Å². The Morgan fingerprint density at radius 2 is 1.85 bits per heavy atom. The molecule has 1 aromatic carbocycles. The number of sulfonamides is 1. The molecule has 0 fully saturated rings. The molecule has 0 bridgehead atoms. The number of halogens is 5. The van der Waals surface area contributed by atoms with E-state index in [0.717, 1.165) is 12.1 Å². The summed E-state index contributed by atoms with van der Waals surface area (Å²) >= 11 is 11.4. The van der Waals surface area contributed by atoms with Crippen LogP contribution in [0, 0.1) is 0 Å². The lowest BCUT2D eigenvalue weighted by Gasteiger charge is -2.14. The van der Waals surface area contributed by atoms with Crippen LogP contribution in [0.1, 0.15) is 23.7 Å². The van der Waals surface area contributed by atoms with E-state index in [0.29, 0.717) is 0 Å². The second-order valence-electron chi connectivity index (χ2n) is 3.64. The maximum atomic E-state index is 12.3. The van der Waals surface area contributed by atoms with Crippen molar-refractivity contribution in [1.29, 1.82) is 0 Å². The van der Waals surface area contributed by atoms with Crippen molar-refractivity contribution in [3.05, 3.63) is 27.7 Å². The molecule has 112 valence electrons. The zero-order valence-corrected chi connectivity index (χ0v) is 12.2. The summed E-state index contributed by atoms with van der Waals surface area (Å²) in [7, 11) is -5.64. The minimum atomic E-state index is -5.64. The van der Waals surface area contributed by atoms with Gasteiger partial charge in [0.05, 0.1) is 10.7 Å². The smallest absolute Gasteiger partial charge is 0.294 e. The molecule has 10 heteroatoms. The van der Waals surface area contributed by atoms with Gasteiger partial charge in [0.25, 0.3) is 0 Å². The monoisotopic (exact) mass is 349 g/mol. The topological polar surface area (TPSA) is 63.2 Å². The van der Waals surface area contributed by atoms with Gasteiger partial charge in [0.1, 0.15) is 0 Å². The van der Waals surface area contributed by atoms with Crippen molar-refractivity contribution in [2.75, 3.05) is 4.72 Å². The second kappa shape index (κ2) is 5.79. The third kappa shape index (κ3) is 3.56. The minimum absolute atomic E-state index is 0.0333. The Labute approximate surface area is 122 Å². The molecule has 0 atom stereocenters. The molecule has 0 amide bonds. The number of nitrogens with one attached hydrogen (secondary N) is 1. The summed E-state index contributed by atoms with van der Waals surface area (Å²) in [5.74, 6) is -0.482. The summed E-state index contributed by atoms with van der Waals surface area (Å²) in [6, 6.07) is 2.04. The first kappa shape index (κ1) is 17.1. The van der Waals surface area contributed by atoms with Crippen LogP contribution in [-0.4, -0.2) is 19.7 Å². The zero-order chi connectivity index (χ0) is 15.7. The van der Waals surface area contributed by atoms with E-state index in [1.54, 1.807) is 0 Å². The van der Waals surface area contributed by atoms with Gasteiger partial charge in [-0.2, -0.15) is 21.6 Å². The number of anilines is 1. The van der Waals surface area contributed by atoms with E-state index >= 15 is 0 Å². The predicted octanol–water partition coefficient (Wildman–Crippen LogP) is 3.85. The quantitative estimate of drug-likeness (QED) is 0.839. The highest BCUT2D eigenvalue weighted by molar-refractivity contribution is 7.93. The lowest BCUT2D eigenvalue weighted by molar-refractivity contribution is -0.0429. The van der Waals surface area contributed by atoms with Crippen LogP contribution in [0.15, 0.2) is 12.1 Å². The Balaban J connectivity index is 3.35. The van der Waals surface area contributed by atoms with Crippen LogP contribution >= 0.6 is 23.2 Å². The largest absolute Gasteiger partial charge is 0.516 e. The summed E-state index contributed by atoms with van der Waals surface area (Å²) < 4.78 is 60.1. The molecule has 4 nitrogen and oxygen atoms in total. The van der Waals surface area contributed by atoms with E-state index in [4.69, 9.17) is 23.2 Å². The number of alkyl halides is 3.